The van der Waals surface area contributed by atoms with Crippen molar-refractivity contribution in [3.8, 4) is 0 Å². The molecule has 4 nitrogen and oxygen atoms in total. The number of benzene rings is 1. The normalized spacial score (nSPS) is 24.4. The smallest absolute Gasteiger partial charge is 0.244 e. The lowest BCUT2D eigenvalue weighted by Gasteiger charge is -2.39. The summed E-state index contributed by atoms with van der Waals surface area (Å²) in [5, 5.41) is 0. The Morgan fingerprint density at radius 1 is 1.22 bits per heavy atom. The van der Waals surface area contributed by atoms with Crippen LogP contribution in [0.15, 0.2) is 30.3 Å². The lowest BCUT2D eigenvalue weighted by molar-refractivity contribution is -0.141. The number of morpholine rings is 1. The van der Waals surface area contributed by atoms with Crippen LogP contribution in [0, 0.1) is 5.92 Å². The van der Waals surface area contributed by atoms with E-state index >= 15 is 0 Å². The van der Waals surface area contributed by atoms with Crippen molar-refractivity contribution < 1.29 is 9.53 Å². The third kappa shape index (κ3) is 3.93. The van der Waals surface area contributed by atoms with Gasteiger partial charge >= 0.3 is 0 Å². The van der Waals surface area contributed by atoms with E-state index in [0.29, 0.717) is 19.1 Å². The lowest BCUT2D eigenvalue weighted by Crippen LogP contribution is -2.49. The third-order valence-electron chi connectivity index (χ3n) is 5.17. The molecular weight excluding hydrogens is 288 g/mol. The van der Waals surface area contributed by atoms with Crippen LogP contribution < -0.4 is 0 Å². The Labute approximate surface area is 139 Å². The molecule has 1 aromatic carbocycles. The summed E-state index contributed by atoms with van der Waals surface area (Å²) in [4.78, 5) is 17.7. The number of piperidine rings is 1. The van der Waals surface area contributed by atoms with Crippen LogP contribution in [0.4, 0.5) is 0 Å². The Hall–Kier alpha value is -1.39. The van der Waals surface area contributed by atoms with Crippen molar-refractivity contribution in [1.29, 1.82) is 0 Å². The number of ether oxygens (including phenoxy) is 1. The van der Waals surface area contributed by atoms with Gasteiger partial charge in [0.2, 0.25) is 5.91 Å². The minimum absolute atomic E-state index is 0.157. The third-order valence-corrected chi connectivity index (χ3v) is 5.17. The summed E-state index contributed by atoms with van der Waals surface area (Å²) in [7, 11) is 0. The van der Waals surface area contributed by atoms with E-state index in [0.717, 1.165) is 44.6 Å². The standard InChI is InChI=1S/C19H28N2O2/c1-2-16-7-6-10-21(15-16)19(22)18(17-8-4-3-5-9-17)20-11-13-23-14-12-20/h3-5,8-9,16,18H,2,6-7,10-15H2,1H3/t16-,18?/m0/s1. The molecule has 4 heteroatoms. The van der Waals surface area contributed by atoms with Gasteiger partial charge in [-0.2, -0.15) is 0 Å². The SMILES string of the molecule is CC[C@H]1CCCN(C(=O)C(c2ccccc2)N2CCOCC2)C1. The number of rotatable bonds is 4. The number of carbonyl (C=O) groups is 1. The highest BCUT2D eigenvalue weighted by molar-refractivity contribution is 5.83. The number of amides is 1. The molecule has 2 fully saturated rings. The van der Waals surface area contributed by atoms with E-state index in [4.69, 9.17) is 4.74 Å². The zero-order valence-electron chi connectivity index (χ0n) is 14.1. The first kappa shape index (κ1) is 16.5. The van der Waals surface area contributed by atoms with Gasteiger partial charge in [-0.25, -0.2) is 0 Å². The van der Waals surface area contributed by atoms with Gasteiger partial charge in [0, 0.05) is 26.2 Å². The molecule has 0 spiro atoms. The van der Waals surface area contributed by atoms with Gasteiger partial charge in [0.25, 0.3) is 0 Å². The van der Waals surface area contributed by atoms with E-state index < -0.39 is 0 Å². The Balaban J connectivity index is 1.80. The monoisotopic (exact) mass is 316 g/mol. The summed E-state index contributed by atoms with van der Waals surface area (Å²) < 4.78 is 5.48. The Morgan fingerprint density at radius 2 is 1.96 bits per heavy atom. The Morgan fingerprint density at radius 3 is 2.65 bits per heavy atom. The van der Waals surface area contributed by atoms with Crippen LogP contribution in [-0.2, 0) is 9.53 Å². The maximum Gasteiger partial charge on any atom is 0.244 e. The van der Waals surface area contributed by atoms with Crippen LogP contribution in [0.5, 0.6) is 0 Å². The zero-order chi connectivity index (χ0) is 16.1. The Kier molecular flexibility index (Phi) is 5.68. The predicted octanol–water partition coefficient (Wildman–Crippen LogP) is 2.71. The second-order valence-electron chi connectivity index (χ2n) is 6.66. The fourth-order valence-electron chi connectivity index (χ4n) is 3.75. The van der Waals surface area contributed by atoms with E-state index in [1.165, 1.54) is 6.42 Å². The molecule has 1 amide bonds. The zero-order valence-corrected chi connectivity index (χ0v) is 14.1. The number of hydrogen-bond donors (Lipinski definition) is 0. The molecule has 0 bridgehead atoms. The minimum atomic E-state index is -0.157. The highest BCUT2D eigenvalue weighted by atomic mass is 16.5. The number of nitrogens with zero attached hydrogens (tertiary/aromatic N) is 2. The summed E-state index contributed by atoms with van der Waals surface area (Å²) in [6, 6.07) is 10.1. The molecule has 126 valence electrons. The summed E-state index contributed by atoms with van der Waals surface area (Å²) >= 11 is 0. The molecule has 3 rings (SSSR count). The molecule has 2 aliphatic rings. The quantitative estimate of drug-likeness (QED) is 0.856. The second kappa shape index (κ2) is 7.93. The fraction of sp³-hybridized carbons (Fsp3) is 0.632. The molecule has 1 unspecified atom stereocenters. The molecule has 2 atom stereocenters. The van der Waals surface area contributed by atoms with Gasteiger partial charge in [-0.05, 0) is 24.3 Å². The van der Waals surface area contributed by atoms with Crippen molar-refractivity contribution in [3.63, 3.8) is 0 Å². The van der Waals surface area contributed by atoms with E-state index in [1.807, 2.05) is 18.2 Å². The molecule has 0 saturated carbocycles. The van der Waals surface area contributed by atoms with Crippen LogP contribution in [0.3, 0.4) is 0 Å². The first-order valence-corrected chi connectivity index (χ1v) is 8.95. The van der Waals surface area contributed by atoms with Gasteiger partial charge < -0.3 is 9.64 Å². The predicted molar refractivity (Wildman–Crippen MR) is 91.2 cm³/mol. The van der Waals surface area contributed by atoms with E-state index in [-0.39, 0.29) is 11.9 Å². The highest BCUT2D eigenvalue weighted by Crippen LogP contribution is 2.27. The maximum atomic E-state index is 13.3. The average molecular weight is 316 g/mol. The Bertz CT molecular complexity index is 499. The molecule has 0 N–H and O–H groups in total. The molecule has 1 aromatic rings. The molecular formula is C19H28N2O2. The second-order valence-corrected chi connectivity index (χ2v) is 6.66. The fourth-order valence-corrected chi connectivity index (χ4v) is 3.75. The van der Waals surface area contributed by atoms with Crippen molar-refractivity contribution >= 4 is 5.91 Å². The van der Waals surface area contributed by atoms with E-state index in [1.54, 1.807) is 0 Å². The summed E-state index contributed by atoms with van der Waals surface area (Å²) in [5.74, 6) is 0.935. The summed E-state index contributed by atoms with van der Waals surface area (Å²) in [5.41, 5.74) is 1.11. The average Bonchev–Trinajstić information content (AvgIpc) is 2.64. The van der Waals surface area contributed by atoms with Crippen LogP contribution >= 0.6 is 0 Å². The number of likely N-dealkylation sites (tertiary alicyclic amines) is 1. The summed E-state index contributed by atoms with van der Waals surface area (Å²) in [6.07, 6.45) is 3.56. The van der Waals surface area contributed by atoms with E-state index in [9.17, 15) is 4.79 Å². The molecule has 0 radical (unpaired) electrons. The highest BCUT2D eigenvalue weighted by Gasteiger charge is 2.34. The van der Waals surface area contributed by atoms with Crippen LogP contribution in [0.25, 0.3) is 0 Å². The van der Waals surface area contributed by atoms with Crippen LogP contribution in [0.2, 0.25) is 0 Å². The lowest BCUT2D eigenvalue weighted by atomic mass is 9.94. The molecule has 2 aliphatic heterocycles. The molecule has 2 saturated heterocycles. The van der Waals surface area contributed by atoms with E-state index in [2.05, 4.69) is 28.9 Å². The van der Waals surface area contributed by atoms with Crippen molar-refractivity contribution in [2.24, 2.45) is 5.92 Å². The topological polar surface area (TPSA) is 32.8 Å². The first-order chi connectivity index (χ1) is 11.3. The minimum Gasteiger partial charge on any atom is -0.379 e. The van der Waals surface area contributed by atoms with Crippen LogP contribution in [-0.4, -0.2) is 55.1 Å². The van der Waals surface area contributed by atoms with Crippen LogP contribution in [0.1, 0.15) is 37.8 Å². The van der Waals surface area contributed by atoms with Gasteiger partial charge in [-0.15, -0.1) is 0 Å². The molecule has 23 heavy (non-hydrogen) atoms. The van der Waals surface area contributed by atoms with Crippen molar-refractivity contribution in [1.82, 2.24) is 9.80 Å². The molecule has 0 aliphatic carbocycles. The van der Waals surface area contributed by atoms with Gasteiger partial charge in [-0.3, -0.25) is 9.69 Å². The number of carbonyl (C=O) groups excluding carboxylic acids is 1. The van der Waals surface area contributed by atoms with Crippen molar-refractivity contribution in [3.05, 3.63) is 35.9 Å². The van der Waals surface area contributed by atoms with Gasteiger partial charge in [0.1, 0.15) is 6.04 Å². The first-order valence-electron chi connectivity index (χ1n) is 8.95. The maximum absolute atomic E-state index is 13.3. The van der Waals surface area contributed by atoms with Crippen molar-refractivity contribution in [2.75, 3.05) is 39.4 Å². The van der Waals surface area contributed by atoms with Gasteiger partial charge in [0.05, 0.1) is 13.2 Å². The molecule has 2 heterocycles. The summed E-state index contributed by atoms with van der Waals surface area (Å²) in [6.45, 7) is 7.15. The molecule has 0 aromatic heterocycles. The largest absolute Gasteiger partial charge is 0.379 e. The van der Waals surface area contributed by atoms with Gasteiger partial charge in [-0.1, -0.05) is 43.7 Å². The van der Waals surface area contributed by atoms with Crippen molar-refractivity contribution in [2.45, 2.75) is 32.2 Å². The number of hydrogen-bond acceptors (Lipinski definition) is 3. The van der Waals surface area contributed by atoms with Gasteiger partial charge in [0.15, 0.2) is 0 Å².